The number of hydrogen-bond donors (Lipinski definition) is 1. The van der Waals surface area contributed by atoms with Crippen molar-refractivity contribution in [3.63, 3.8) is 0 Å². The number of nitrogens with zero attached hydrogens (tertiary/aromatic N) is 3. The first kappa shape index (κ1) is 16.6. The van der Waals surface area contributed by atoms with Crippen molar-refractivity contribution >= 4 is 16.9 Å². The molecule has 1 aromatic carbocycles. The number of rotatable bonds is 5. The van der Waals surface area contributed by atoms with Crippen molar-refractivity contribution in [3.8, 4) is 0 Å². The minimum atomic E-state index is -0.264. The third kappa shape index (κ3) is 3.43. The molecular weight excluding hydrogens is 314 g/mol. The van der Waals surface area contributed by atoms with Crippen molar-refractivity contribution in [1.82, 2.24) is 14.5 Å². The number of aliphatic hydroxyl groups is 1. The fourth-order valence-corrected chi connectivity index (χ4v) is 4.02. The highest BCUT2D eigenvalue weighted by molar-refractivity contribution is 5.81. The van der Waals surface area contributed by atoms with Gasteiger partial charge in [-0.3, -0.25) is 4.79 Å². The number of aliphatic hydroxyl groups excluding tert-OH is 1. The van der Waals surface area contributed by atoms with Gasteiger partial charge in [-0.2, -0.15) is 0 Å². The van der Waals surface area contributed by atoms with E-state index >= 15 is 0 Å². The zero-order valence-corrected chi connectivity index (χ0v) is 14.9. The van der Waals surface area contributed by atoms with Gasteiger partial charge in [-0.25, -0.2) is 4.98 Å². The zero-order valence-electron chi connectivity index (χ0n) is 14.9. The summed E-state index contributed by atoms with van der Waals surface area (Å²) >= 11 is 0. The molecule has 2 unspecified atom stereocenters. The first-order valence-corrected chi connectivity index (χ1v) is 9.50. The molecule has 0 spiro atoms. The molecule has 4 rings (SSSR count). The Labute approximate surface area is 148 Å². The monoisotopic (exact) mass is 341 g/mol. The van der Waals surface area contributed by atoms with Crippen LogP contribution in [0.2, 0.25) is 0 Å². The lowest BCUT2D eigenvalue weighted by molar-refractivity contribution is -0.131. The van der Waals surface area contributed by atoms with Crippen LogP contribution in [0.3, 0.4) is 0 Å². The van der Waals surface area contributed by atoms with E-state index in [1.54, 1.807) is 4.90 Å². The van der Waals surface area contributed by atoms with Gasteiger partial charge in [-0.1, -0.05) is 25.0 Å². The van der Waals surface area contributed by atoms with Crippen LogP contribution < -0.4 is 0 Å². The van der Waals surface area contributed by atoms with Gasteiger partial charge in [-0.05, 0) is 37.8 Å². The van der Waals surface area contributed by atoms with E-state index < -0.39 is 0 Å². The molecule has 1 amide bonds. The van der Waals surface area contributed by atoms with Crippen molar-refractivity contribution in [1.29, 1.82) is 0 Å². The SMILES string of the molecule is CN(CC1CCCCC1O)C(=O)Cn1c(C2CC2)nc2ccccc21. The van der Waals surface area contributed by atoms with Gasteiger partial charge in [0.05, 0.1) is 17.1 Å². The van der Waals surface area contributed by atoms with E-state index in [9.17, 15) is 9.90 Å². The summed E-state index contributed by atoms with van der Waals surface area (Å²) in [5, 5.41) is 10.2. The van der Waals surface area contributed by atoms with E-state index in [1.807, 2.05) is 31.3 Å². The van der Waals surface area contributed by atoms with Gasteiger partial charge in [0.1, 0.15) is 12.4 Å². The Morgan fingerprint density at radius 2 is 2.00 bits per heavy atom. The predicted molar refractivity (Wildman–Crippen MR) is 97.3 cm³/mol. The molecular formula is C20H27N3O2. The Bertz CT molecular complexity index is 765. The highest BCUT2D eigenvalue weighted by atomic mass is 16.3. The first-order chi connectivity index (χ1) is 12.1. The molecule has 5 heteroatoms. The highest BCUT2D eigenvalue weighted by Gasteiger charge is 2.31. The van der Waals surface area contributed by atoms with Crippen LogP contribution in [0.1, 0.15) is 50.3 Å². The number of carbonyl (C=O) groups is 1. The minimum absolute atomic E-state index is 0.0998. The predicted octanol–water partition coefficient (Wildman–Crippen LogP) is 2.92. The van der Waals surface area contributed by atoms with Gasteiger partial charge in [-0.15, -0.1) is 0 Å². The standard InChI is InChI=1S/C20H27N3O2/c1-22(12-15-6-2-5-9-18(15)24)19(25)13-23-17-8-4-3-7-16(17)21-20(23)14-10-11-14/h3-4,7-8,14-15,18,24H,2,5-6,9-13H2,1H3. The summed E-state index contributed by atoms with van der Waals surface area (Å²) < 4.78 is 2.10. The zero-order chi connectivity index (χ0) is 17.4. The van der Waals surface area contributed by atoms with E-state index in [0.29, 0.717) is 19.0 Å². The molecule has 5 nitrogen and oxygen atoms in total. The Morgan fingerprint density at radius 1 is 1.24 bits per heavy atom. The van der Waals surface area contributed by atoms with Crippen molar-refractivity contribution in [2.75, 3.05) is 13.6 Å². The summed E-state index contributed by atoms with van der Waals surface area (Å²) in [6, 6.07) is 8.06. The lowest BCUT2D eigenvalue weighted by atomic mass is 9.86. The summed E-state index contributed by atoms with van der Waals surface area (Å²) in [7, 11) is 1.86. The fraction of sp³-hybridized carbons (Fsp3) is 0.600. The second-order valence-electron chi connectivity index (χ2n) is 7.71. The van der Waals surface area contributed by atoms with Gasteiger partial charge in [0.25, 0.3) is 0 Å². The van der Waals surface area contributed by atoms with Crippen molar-refractivity contribution in [3.05, 3.63) is 30.1 Å². The Morgan fingerprint density at radius 3 is 2.76 bits per heavy atom. The van der Waals surface area contributed by atoms with E-state index in [1.165, 1.54) is 12.8 Å². The molecule has 1 N–H and O–H groups in total. The topological polar surface area (TPSA) is 58.4 Å². The third-order valence-electron chi connectivity index (χ3n) is 5.72. The number of para-hydroxylation sites is 2. The first-order valence-electron chi connectivity index (χ1n) is 9.50. The average Bonchev–Trinajstić information content (AvgIpc) is 3.40. The maximum Gasteiger partial charge on any atom is 0.242 e. The fourth-order valence-electron chi connectivity index (χ4n) is 4.02. The van der Waals surface area contributed by atoms with Crippen LogP contribution in [0.5, 0.6) is 0 Å². The smallest absolute Gasteiger partial charge is 0.242 e. The maximum absolute atomic E-state index is 12.8. The number of carbonyl (C=O) groups excluding carboxylic acids is 1. The maximum atomic E-state index is 12.8. The van der Waals surface area contributed by atoms with Crippen molar-refractivity contribution in [2.24, 2.45) is 5.92 Å². The number of amides is 1. The Hall–Kier alpha value is -1.88. The number of aromatic nitrogens is 2. The number of imidazole rings is 1. The number of fused-ring (bicyclic) bond motifs is 1. The lowest BCUT2D eigenvalue weighted by Crippen LogP contribution is -2.39. The number of hydrogen-bond acceptors (Lipinski definition) is 3. The molecule has 2 aliphatic rings. The lowest BCUT2D eigenvalue weighted by Gasteiger charge is -2.31. The molecule has 2 fully saturated rings. The molecule has 2 aliphatic carbocycles. The van der Waals surface area contributed by atoms with Crippen LogP contribution in [0, 0.1) is 5.92 Å². The largest absolute Gasteiger partial charge is 0.393 e. The van der Waals surface area contributed by atoms with Crippen LogP contribution in [-0.2, 0) is 11.3 Å². The highest BCUT2D eigenvalue weighted by Crippen LogP contribution is 2.40. The summed E-state index contributed by atoms with van der Waals surface area (Å²) in [6.45, 7) is 0.983. The summed E-state index contributed by atoms with van der Waals surface area (Å²) in [6.07, 6.45) is 6.21. The quantitative estimate of drug-likeness (QED) is 0.910. The van der Waals surface area contributed by atoms with Gasteiger partial charge in [0.15, 0.2) is 0 Å². The van der Waals surface area contributed by atoms with E-state index in [-0.39, 0.29) is 17.9 Å². The van der Waals surface area contributed by atoms with E-state index in [4.69, 9.17) is 4.98 Å². The number of benzene rings is 1. The van der Waals surface area contributed by atoms with Gasteiger partial charge in [0, 0.05) is 25.4 Å². The Kier molecular flexibility index (Phi) is 4.50. The molecule has 0 bridgehead atoms. The minimum Gasteiger partial charge on any atom is -0.393 e. The molecule has 2 saturated carbocycles. The molecule has 0 aliphatic heterocycles. The van der Waals surface area contributed by atoms with Crippen LogP contribution >= 0.6 is 0 Å². The van der Waals surface area contributed by atoms with E-state index in [0.717, 1.165) is 42.5 Å². The van der Waals surface area contributed by atoms with Crippen LogP contribution in [-0.4, -0.2) is 45.2 Å². The van der Waals surface area contributed by atoms with Gasteiger partial charge < -0.3 is 14.6 Å². The number of likely N-dealkylation sites (N-methyl/N-ethyl adjacent to an activating group) is 1. The van der Waals surface area contributed by atoms with Gasteiger partial charge >= 0.3 is 0 Å². The molecule has 1 aromatic heterocycles. The van der Waals surface area contributed by atoms with Gasteiger partial charge in [0.2, 0.25) is 5.91 Å². The second-order valence-corrected chi connectivity index (χ2v) is 7.71. The average molecular weight is 341 g/mol. The summed E-state index contributed by atoms with van der Waals surface area (Å²) in [5.74, 6) is 1.87. The molecule has 0 radical (unpaired) electrons. The second kappa shape index (κ2) is 6.79. The third-order valence-corrected chi connectivity index (χ3v) is 5.72. The molecule has 0 saturated heterocycles. The normalized spacial score (nSPS) is 23.8. The molecule has 134 valence electrons. The Balaban J connectivity index is 1.50. The molecule has 2 aromatic rings. The summed E-state index contributed by atoms with van der Waals surface area (Å²) in [5.41, 5.74) is 2.02. The van der Waals surface area contributed by atoms with Crippen LogP contribution in [0.15, 0.2) is 24.3 Å². The summed E-state index contributed by atoms with van der Waals surface area (Å²) in [4.78, 5) is 19.4. The van der Waals surface area contributed by atoms with Crippen LogP contribution in [0.25, 0.3) is 11.0 Å². The molecule has 25 heavy (non-hydrogen) atoms. The van der Waals surface area contributed by atoms with Crippen molar-refractivity contribution in [2.45, 2.75) is 57.1 Å². The molecule has 1 heterocycles. The van der Waals surface area contributed by atoms with Crippen LogP contribution in [0.4, 0.5) is 0 Å². The van der Waals surface area contributed by atoms with Crippen molar-refractivity contribution < 1.29 is 9.90 Å². The molecule has 2 atom stereocenters. The van der Waals surface area contributed by atoms with E-state index in [2.05, 4.69) is 4.57 Å².